The van der Waals surface area contributed by atoms with Crippen molar-refractivity contribution in [3.63, 3.8) is 0 Å². The molecule has 1 atom stereocenters. The Morgan fingerprint density at radius 3 is 2.39 bits per heavy atom. The van der Waals surface area contributed by atoms with Gasteiger partial charge in [0.2, 0.25) is 0 Å². The van der Waals surface area contributed by atoms with Gasteiger partial charge in [-0.25, -0.2) is 0 Å². The van der Waals surface area contributed by atoms with Crippen molar-refractivity contribution in [1.29, 1.82) is 0 Å². The number of carbonyl (C=O) groups is 1. The topological polar surface area (TPSA) is 26.3 Å². The van der Waals surface area contributed by atoms with E-state index in [1.54, 1.807) is 6.08 Å². The zero-order valence-electron chi connectivity index (χ0n) is 17.7. The SMILES string of the molecule is C=Cc1cc(-c2ccc(OCCCCCC)cc2)ccc1C(=O)C[C@@H](C)CC. The van der Waals surface area contributed by atoms with E-state index in [1.807, 2.05) is 24.3 Å². The molecule has 0 saturated heterocycles. The Morgan fingerprint density at radius 1 is 1.04 bits per heavy atom. The van der Waals surface area contributed by atoms with Crippen LogP contribution in [0.15, 0.2) is 49.0 Å². The van der Waals surface area contributed by atoms with Crippen LogP contribution in [0, 0.1) is 5.92 Å². The summed E-state index contributed by atoms with van der Waals surface area (Å²) in [6.45, 7) is 11.1. The molecule has 0 aliphatic carbocycles. The van der Waals surface area contributed by atoms with Gasteiger partial charge in [0.1, 0.15) is 5.75 Å². The average molecular weight is 379 g/mol. The summed E-state index contributed by atoms with van der Waals surface area (Å²) in [5.41, 5.74) is 3.87. The highest BCUT2D eigenvalue weighted by molar-refractivity contribution is 6.00. The molecule has 0 spiro atoms. The van der Waals surface area contributed by atoms with Crippen LogP contribution in [-0.2, 0) is 0 Å². The van der Waals surface area contributed by atoms with E-state index >= 15 is 0 Å². The summed E-state index contributed by atoms with van der Waals surface area (Å²) in [6.07, 6.45) is 8.21. The minimum atomic E-state index is 0.197. The van der Waals surface area contributed by atoms with Crippen LogP contribution in [0.1, 0.15) is 75.2 Å². The third kappa shape index (κ3) is 6.37. The lowest BCUT2D eigenvalue weighted by atomic mass is 9.92. The molecular formula is C26H34O2. The summed E-state index contributed by atoms with van der Waals surface area (Å²) >= 11 is 0. The van der Waals surface area contributed by atoms with Gasteiger partial charge in [0.25, 0.3) is 0 Å². The third-order valence-corrected chi connectivity index (χ3v) is 5.26. The number of Topliss-reactive ketones (excluding diaryl/α,β-unsaturated/α-hetero) is 1. The Balaban J connectivity index is 2.06. The van der Waals surface area contributed by atoms with Gasteiger partial charge in [0.15, 0.2) is 5.78 Å². The minimum Gasteiger partial charge on any atom is -0.494 e. The van der Waals surface area contributed by atoms with Gasteiger partial charge >= 0.3 is 0 Å². The molecule has 2 aromatic rings. The maximum atomic E-state index is 12.6. The normalized spacial score (nSPS) is 11.8. The van der Waals surface area contributed by atoms with Crippen molar-refractivity contribution in [2.24, 2.45) is 5.92 Å². The molecule has 0 fully saturated rings. The van der Waals surface area contributed by atoms with Crippen molar-refractivity contribution in [3.05, 3.63) is 60.2 Å². The predicted molar refractivity (Wildman–Crippen MR) is 120 cm³/mol. The van der Waals surface area contributed by atoms with Gasteiger partial charge < -0.3 is 4.74 Å². The molecule has 2 nitrogen and oxygen atoms in total. The van der Waals surface area contributed by atoms with E-state index in [2.05, 4.69) is 45.5 Å². The summed E-state index contributed by atoms with van der Waals surface area (Å²) in [4.78, 5) is 12.6. The smallest absolute Gasteiger partial charge is 0.163 e. The van der Waals surface area contributed by atoms with Crippen molar-refractivity contribution in [2.75, 3.05) is 6.61 Å². The Kier molecular flexibility index (Phi) is 9.00. The van der Waals surface area contributed by atoms with Gasteiger partial charge in [-0.3, -0.25) is 4.79 Å². The molecule has 0 saturated carbocycles. The Hall–Kier alpha value is -2.35. The Morgan fingerprint density at radius 2 is 1.75 bits per heavy atom. The van der Waals surface area contributed by atoms with Crippen LogP contribution in [0.25, 0.3) is 17.2 Å². The first-order chi connectivity index (χ1) is 13.6. The van der Waals surface area contributed by atoms with Crippen LogP contribution in [0.3, 0.4) is 0 Å². The van der Waals surface area contributed by atoms with Crippen molar-refractivity contribution in [3.8, 4) is 16.9 Å². The van der Waals surface area contributed by atoms with E-state index in [4.69, 9.17) is 4.74 Å². The molecule has 0 aromatic heterocycles. The molecule has 2 rings (SSSR count). The van der Waals surface area contributed by atoms with Crippen molar-refractivity contribution in [2.45, 2.75) is 59.3 Å². The summed E-state index contributed by atoms with van der Waals surface area (Å²) in [7, 11) is 0. The predicted octanol–water partition coefficient (Wildman–Crippen LogP) is 7.57. The van der Waals surface area contributed by atoms with Crippen LogP contribution >= 0.6 is 0 Å². The van der Waals surface area contributed by atoms with Gasteiger partial charge in [0, 0.05) is 12.0 Å². The first kappa shape index (κ1) is 21.9. The molecule has 0 radical (unpaired) electrons. The molecule has 0 N–H and O–H groups in total. The fraction of sp³-hybridized carbons (Fsp3) is 0.423. The van der Waals surface area contributed by atoms with Crippen LogP contribution in [0.2, 0.25) is 0 Å². The molecular weight excluding hydrogens is 344 g/mol. The fourth-order valence-corrected chi connectivity index (χ4v) is 3.20. The highest BCUT2D eigenvalue weighted by Gasteiger charge is 2.14. The second-order valence-corrected chi connectivity index (χ2v) is 7.58. The molecule has 0 bridgehead atoms. The number of unbranched alkanes of at least 4 members (excludes halogenated alkanes) is 3. The molecule has 0 amide bonds. The van der Waals surface area contributed by atoms with Crippen LogP contribution in [-0.4, -0.2) is 12.4 Å². The number of ketones is 1. The van der Waals surface area contributed by atoms with E-state index in [0.29, 0.717) is 12.3 Å². The van der Waals surface area contributed by atoms with Crippen LogP contribution in [0.5, 0.6) is 5.75 Å². The van der Waals surface area contributed by atoms with E-state index in [-0.39, 0.29) is 5.78 Å². The average Bonchev–Trinajstić information content (AvgIpc) is 2.73. The maximum Gasteiger partial charge on any atom is 0.163 e. The van der Waals surface area contributed by atoms with Crippen molar-refractivity contribution < 1.29 is 9.53 Å². The summed E-state index contributed by atoms with van der Waals surface area (Å²) < 4.78 is 5.83. The maximum absolute atomic E-state index is 12.6. The monoisotopic (exact) mass is 378 g/mol. The molecule has 2 aromatic carbocycles. The molecule has 0 aliphatic rings. The number of ether oxygens (including phenoxy) is 1. The van der Waals surface area contributed by atoms with Crippen molar-refractivity contribution in [1.82, 2.24) is 0 Å². The second kappa shape index (κ2) is 11.5. The lowest BCUT2D eigenvalue weighted by molar-refractivity contribution is 0.0963. The highest BCUT2D eigenvalue weighted by atomic mass is 16.5. The third-order valence-electron chi connectivity index (χ3n) is 5.26. The van der Waals surface area contributed by atoms with E-state index < -0.39 is 0 Å². The fourth-order valence-electron chi connectivity index (χ4n) is 3.20. The number of hydrogen-bond acceptors (Lipinski definition) is 2. The quantitative estimate of drug-likeness (QED) is 0.281. The standard InChI is InChI=1S/C26H34O2/c1-5-8-9-10-17-28-24-14-11-22(12-15-24)23-13-16-25(21(7-3)19-23)26(27)18-20(4)6-2/h7,11-16,19-20H,3,5-6,8-10,17-18H2,1-2,4H3/t20-/m0/s1. The largest absolute Gasteiger partial charge is 0.494 e. The zero-order valence-corrected chi connectivity index (χ0v) is 17.7. The van der Waals surface area contributed by atoms with E-state index in [0.717, 1.165) is 47.5 Å². The number of hydrogen-bond donors (Lipinski definition) is 0. The van der Waals surface area contributed by atoms with Gasteiger partial charge in [0.05, 0.1) is 6.61 Å². The summed E-state index contributed by atoms with van der Waals surface area (Å²) in [5.74, 6) is 1.51. The molecule has 0 heterocycles. The summed E-state index contributed by atoms with van der Waals surface area (Å²) in [5, 5.41) is 0. The highest BCUT2D eigenvalue weighted by Crippen LogP contribution is 2.27. The summed E-state index contributed by atoms with van der Waals surface area (Å²) in [6, 6.07) is 14.2. The van der Waals surface area contributed by atoms with Gasteiger partial charge in [-0.15, -0.1) is 0 Å². The number of carbonyl (C=O) groups excluding carboxylic acids is 1. The van der Waals surface area contributed by atoms with E-state index in [9.17, 15) is 4.79 Å². The van der Waals surface area contributed by atoms with Crippen LogP contribution in [0.4, 0.5) is 0 Å². The number of rotatable bonds is 12. The number of benzene rings is 2. The van der Waals surface area contributed by atoms with Gasteiger partial charge in [-0.05, 0) is 47.2 Å². The lowest BCUT2D eigenvalue weighted by Gasteiger charge is -2.12. The molecule has 150 valence electrons. The van der Waals surface area contributed by atoms with E-state index in [1.165, 1.54) is 19.3 Å². The first-order valence-electron chi connectivity index (χ1n) is 10.6. The van der Waals surface area contributed by atoms with Gasteiger partial charge in [-0.1, -0.05) is 83.4 Å². The molecule has 0 aliphatic heterocycles. The Labute approximate surface area is 170 Å². The lowest BCUT2D eigenvalue weighted by Crippen LogP contribution is -2.07. The first-order valence-corrected chi connectivity index (χ1v) is 10.6. The minimum absolute atomic E-state index is 0.197. The molecule has 28 heavy (non-hydrogen) atoms. The Bertz CT molecular complexity index is 759. The van der Waals surface area contributed by atoms with Gasteiger partial charge in [-0.2, -0.15) is 0 Å². The van der Waals surface area contributed by atoms with Crippen LogP contribution < -0.4 is 4.74 Å². The molecule has 2 heteroatoms. The molecule has 0 unspecified atom stereocenters. The zero-order chi connectivity index (χ0) is 20.4. The van der Waals surface area contributed by atoms with Crippen molar-refractivity contribution >= 4 is 11.9 Å². The second-order valence-electron chi connectivity index (χ2n) is 7.58.